The van der Waals surface area contributed by atoms with Gasteiger partial charge in [-0.25, -0.2) is 4.98 Å². The molecular weight excluding hydrogens is 426 g/mol. The number of amides is 1. The van der Waals surface area contributed by atoms with E-state index >= 15 is 0 Å². The Balaban J connectivity index is 1.37. The summed E-state index contributed by atoms with van der Waals surface area (Å²) in [5.41, 5.74) is 6.39. The first kappa shape index (κ1) is 21.2. The molecule has 0 saturated heterocycles. The van der Waals surface area contributed by atoms with E-state index in [9.17, 15) is 4.79 Å². The Bertz CT molecular complexity index is 1320. The van der Waals surface area contributed by atoms with Crippen molar-refractivity contribution in [2.45, 2.75) is 25.8 Å². The summed E-state index contributed by atoms with van der Waals surface area (Å²) in [4.78, 5) is 18.8. The molecule has 5 heteroatoms. The van der Waals surface area contributed by atoms with Gasteiger partial charge in [0, 0.05) is 22.8 Å². The summed E-state index contributed by atoms with van der Waals surface area (Å²) >= 11 is 1.56. The first-order valence-corrected chi connectivity index (χ1v) is 12.0. The van der Waals surface area contributed by atoms with E-state index in [1.807, 2.05) is 76.6 Å². The maximum absolute atomic E-state index is 13.1. The highest BCUT2D eigenvalue weighted by molar-refractivity contribution is 7.15. The second-order valence-corrected chi connectivity index (χ2v) is 8.89. The summed E-state index contributed by atoms with van der Waals surface area (Å²) < 4.78 is 2.04. The van der Waals surface area contributed by atoms with E-state index < -0.39 is 0 Å². The zero-order valence-corrected chi connectivity index (χ0v) is 19.3. The van der Waals surface area contributed by atoms with E-state index in [4.69, 9.17) is 4.98 Å². The number of aryl methyl sites for hydroxylation is 1. The highest BCUT2D eigenvalue weighted by Gasteiger charge is 2.18. The lowest BCUT2D eigenvalue weighted by molar-refractivity contribution is -0.121. The van der Waals surface area contributed by atoms with Crippen molar-refractivity contribution in [3.63, 3.8) is 0 Å². The van der Waals surface area contributed by atoms with Gasteiger partial charge in [-0.3, -0.25) is 9.20 Å². The van der Waals surface area contributed by atoms with Crippen molar-refractivity contribution in [1.29, 1.82) is 0 Å². The Labute approximate surface area is 197 Å². The van der Waals surface area contributed by atoms with Crippen LogP contribution in [-0.2, 0) is 17.6 Å². The summed E-state index contributed by atoms with van der Waals surface area (Å²) in [6.45, 7) is 2.15. The van der Waals surface area contributed by atoms with Gasteiger partial charge in [-0.2, -0.15) is 0 Å². The molecule has 0 radical (unpaired) electrons. The van der Waals surface area contributed by atoms with Crippen LogP contribution in [-0.4, -0.2) is 15.3 Å². The number of nitrogens with one attached hydrogen (secondary N) is 1. The fraction of sp³-hybridized carbons (Fsp3) is 0.143. The molecule has 0 aliphatic carbocycles. The Morgan fingerprint density at radius 1 is 0.939 bits per heavy atom. The van der Waals surface area contributed by atoms with Crippen molar-refractivity contribution in [3.05, 3.63) is 119 Å². The van der Waals surface area contributed by atoms with Gasteiger partial charge < -0.3 is 5.32 Å². The van der Waals surface area contributed by atoms with Crippen molar-refractivity contribution in [2.75, 3.05) is 0 Å². The van der Waals surface area contributed by atoms with Gasteiger partial charge in [-0.1, -0.05) is 91.9 Å². The fourth-order valence-corrected chi connectivity index (χ4v) is 4.91. The van der Waals surface area contributed by atoms with Gasteiger partial charge in [-0.05, 0) is 23.1 Å². The van der Waals surface area contributed by atoms with Crippen LogP contribution in [0.5, 0.6) is 0 Å². The van der Waals surface area contributed by atoms with Crippen LogP contribution < -0.4 is 5.32 Å². The minimum atomic E-state index is -0.190. The summed E-state index contributed by atoms with van der Waals surface area (Å²) in [5.74, 6) is -0.0186. The molecule has 2 aromatic heterocycles. The molecule has 164 valence electrons. The number of carbonyl (C=O) groups is 1. The second-order valence-electron chi connectivity index (χ2n) is 8.05. The van der Waals surface area contributed by atoms with Crippen LogP contribution in [0.15, 0.2) is 96.5 Å². The molecule has 0 atom stereocenters. The van der Waals surface area contributed by atoms with E-state index in [1.165, 1.54) is 5.56 Å². The van der Waals surface area contributed by atoms with Crippen molar-refractivity contribution < 1.29 is 4.79 Å². The van der Waals surface area contributed by atoms with Crippen molar-refractivity contribution >= 4 is 22.2 Å². The molecule has 3 aromatic carbocycles. The van der Waals surface area contributed by atoms with Gasteiger partial charge >= 0.3 is 0 Å². The standard InChI is InChI=1S/C28H25N3OS/c1-2-20-13-15-21(16-14-20)25-18-31-24(19-33-28(31)29-25)17-26(32)30-27(22-9-5-3-6-10-22)23-11-7-4-8-12-23/h3-16,18-19,27H,2,17H2,1H3,(H,30,32). The molecule has 1 amide bonds. The first-order valence-electron chi connectivity index (χ1n) is 11.2. The smallest absolute Gasteiger partial charge is 0.226 e. The van der Waals surface area contributed by atoms with Gasteiger partial charge in [-0.15, -0.1) is 11.3 Å². The topological polar surface area (TPSA) is 46.4 Å². The van der Waals surface area contributed by atoms with Gasteiger partial charge in [0.25, 0.3) is 0 Å². The lowest BCUT2D eigenvalue weighted by Gasteiger charge is -2.20. The zero-order valence-electron chi connectivity index (χ0n) is 18.4. The molecule has 4 nitrogen and oxygen atoms in total. The number of imidazole rings is 1. The number of rotatable bonds is 7. The Morgan fingerprint density at radius 2 is 1.58 bits per heavy atom. The minimum Gasteiger partial charge on any atom is -0.345 e. The molecule has 0 aliphatic rings. The molecule has 0 fully saturated rings. The summed E-state index contributed by atoms with van der Waals surface area (Å²) in [5, 5.41) is 5.26. The molecular formula is C28H25N3OS. The predicted octanol–water partition coefficient (Wildman–Crippen LogP) is 6.07. The van der Waals surface area contributed by atoms with Gasteiger partial charge in [0.05, 0.1) is 18.2 Å². The average molecular weight is 452 g/mol. The minimum absolute atomic E-state index is 0.0186. The van der Waals surface area contributed by atoms with E-state index in [-0.39, 0.29) is 11.9 Å². The van der Waals surface area contributed by atoms with E-state index in [0.717, 1.165) is 39.5 Å². The number of carbonyl (C=O) groups excluding carboxylic acids is 1. The number of benzene rings is 3. The van der Waals surface area contributed by atoms with Gasteiger partial charge in [0.2, 0.25) is 5.91 Å². The predicted molar refractivity (Wildman–Crippen MR) is 134 cm³/mol. The molecule has 5 aromatic rings. The third-order valence-electron chi connectivity index (χ3n) is 5.85. The highest BCUT2D eigenvalue weighted by atomic mass is 32.1. The van der Waals surface area contributed by atoms with Crippen molar-refractivity contribution in [2.24, 2.45) is 0 Å². The highest BCUT2D eigenvalue weighted by Crippen LogP contribution is 2.25. The molecule has 2 heterocycles. The summed E-state index contributed by atoms with van der Waals surface area (Å²) in [7, 11) is 0. The van der Waals surface area contributed by atoms with Crippen LogP contribution in [0.4, 0.5) is 0 Å². The second kappa shape index (κ2) is 9.43. The van der Waals surface area contributed by atoms with Crippen molar-refractivity contribution in [1.82, 2.24) is 14.7 Å². The van der Waals surface area contributed by atoms with Crippen molar-refractivity contribution in [3.8, 4) is 11.3 Å². The molecule has 0 unspecified atom stereocenters. The Kier molecular flexibility index (Phi) is 6.05. The van der Waals surface area contributed by atoms with Crippen LogP contribution >= 0.6 is 11.3 Å². The zero-order chi connectivity index (χ0) is 22.6. The molecule has 0 spiro atoms. The number of nitrogens with zero attached hydrogens (tertiary/aromatic N) is 2. The van der Waals surface area contributed by atoms with Crippen LogP contribution in [0.1, 0.15) is 35.3 Å². The number of aromatic nitrogens is 2. The molecule has 33 heavy (non-hydrogen) atoms. The largest absolute Gasteiger partial charge is 0.345 e. The van der Waals surface area contributed by atoms with E-state index in [1.54, 1.807) is 11.3 Å². The third-order valence-corrected chi connectivity index (χ3v) is 6.74. The van der Waals surface area contributed by atoms with Gasteiger partial charge in [0.1, 0.15) is 0 Å². The maximum Gasteiger partial charge on any atom is 0.226 e. The Morgan fingerprint density at radius 3 is 2.18 bits per heavy atom. The average Bonchev–Trinajstić information content (AvgIpc) is 3.46. The van der Waals surface area contributed by atoms with Gasteiger partial charge in [0.15, 0.2) is 4.96 Å². The lowest BCUT2D eigenvalue weighted by Crippen LogP contribution is -2.30. The number of hydrogen-bond donors (Lipinski definition) is 1. The fourth-order valence-electron chi connectivity index (χ4n) is 4.03. The molecule has 0 bridgehead atoms. The maximum atomic E-state index is 13.1. The summed E-state index contributed by atoms with van der Waals surface area (Å²) in [6.07, 6.45) is 3.34. The number of hydrogen-bond acceptors (Lipinski definition) is 3. The molecule has 0 saturated carbocycles. The lowest BCUT2D eigenvalue weighted by atomic mass is 9.98. The van der Waals surface area contributed by atoms with E-state index in [2.05, 4.69) is 36.5 Å². The number of fused-ring (bicyclic) bond motifs is 1. The van der Waals surface area contributed by atoms with Crippen LogP contribution in [0, 0.1) is 0 Å². The molecule has 5 rings (SSSR count). The van der Waals surface area contributed by atoms with Crippen LogP contribution in [0.25, 0.3) is 16.2 Å². The normalized spacial score (nSPS) is 11.2. The monoisotopic (exact) mass is 451 g/mol. The van der Waals surface area contributed by atoms with Crippen LogP contribution in [0.3, 0.4) is 0 Å². The molecule has 0 aliphatic heterocycles. The van der Waals surface area contributed by atoms with Crippen LogP contribution in [0.2, 0.25) is 0 Å². The summed E-state index contributed by atoms with van der Waals surface area (Å²) in [6, 6.07) is 28.5. The Hall–Kier alpha value is -3.70. The third kappa shape index (κ3) is 4.59. The quantitative estimate of drug-likeness (QED) is 0.326. The SMILES string of the molecule is CCc1ccc(-c2cn3c(CC(=O)NC(c4ccccc4)c4ccccc4)csc3n2)cc1. The van der Waals surface area contributed by atoms with E-state index in [0.29, 0.717) is 6.42 Å². The molecule has 1 N–H and O–H groups in total. The first-order chi connectivity index (χ1) is 16.2. The number of thiazole rings is 1.